The molecule has 0 aliphatic carbocycles. The summed E-state index contributed by atoms with van der Waals surface area (Å²) in [6, 6.07) is 6.68. The van der Waals surface area contributed by atoms with Crippen LogP contribution in [0.15, 0.2) is 29.1 Å². The lowest BCUT2D eigenvalue weighted by Gasteiger charge is -2.11. The summed E-state index contributed by atoms with van der Waals surface area (Å²) in [4.78, 5) is 11.9. The van der Waals surface area contributed by atoms with E-state index < -0.39 is 0 Å². The van der Waals surface area contributed by atoms with Crippen molar-refractivity contribution >= 4 is 17.3 Å². The van der Waals surface area contributed by atoms with Gasteiger partial charge >= 0.3 is 0 Å². The van der Waals surface area contributed by atoms with Gasteiger partial charge in [0.2, 0.25) is 0 Å². The molecule has 0 fully saturated rings. The molecular weight excluding hydrogens is 294 g/mol. The van der Waals surface area contributed by atoms with E-state index in [1.807, 2.05) is 0 Å². The molecule has 2 rings (SSSR count). The van der Waals surface area contributed by atoms with Crippen molar-refractivity contribution in [3.8, 4) is 17.0 Å². The maximum absolute atomic E-state index is 11.9. The van der Waals surface area contributed by atoms with Crippen LogP contribution >= 0.6 is 11.6 Å². The third-order valence-corrected chi connectivity index (χ3v) is 3.18. The van der Waals surface area contributed by atoms with Gasteiger partial charge in [0, 0.05) is 17.7 Å². The molecule has 0 saturated heterocycles. The second-order valence-electron chi connectivity index (χ2n) is 4.35. The summed E-state index contributed by atoms with van der Waals surface area (Å²) in [7, 11) is 3.11. The first-order valence-electron chi connectivity index (χ1n) is 6.27. The smallest absolute Gasteiger partial charge is 0.289 e. The Bertz CT molecular complexity index is 700. The molecule has 0 unspecified atom stereocenters. The normalized spacial score (nSPS) is 10.6. The van der Waals surface area contributed by atoms with Crippen LogP contribution in [0.25, 0.3) is 11.3 Å². The standard InChI is InChI=1S/C14H16ClN3O3/c1-20-6-5-18-14(19)11(16)8-12(17-18)10-7-9(15)3-4-13(10)21-2/h3-4,7-8H,5-6,16H2,1-2H3. The largest absolute Gasteiger partial charge is 0.496 e. The van der Waals surface area contributed by atoms with Crippen molar-refractivity contribution in [2.75, 3.05) is 26.6 Å². The SMILES string of the molecule is COCCn1nc(-c2cc(Cl)ccc2OC)cc(N)c1=O. The number of aromatic nitrogens is 2. The number of hydrogen-bond donors (Lipinski definition) is 1. The molecule has 2 N–H and O–H groups in total. The number of nitrogens with two attached hydrogens (primary N) is 1. The Hall–Kier alpha value is -2.05. The molecular formula is C14H16ClN3O3. The van der Waals surface area contributed by atoms with Gasteiger partial charge < -0.3 is 15.2 Å². The second kappa shape index (κ2) is 6.60. The highest BCUT2D eigenvalue weighted by Crippen LogP contribution is 2.31. The van der Waals surface area contributed by atoms with E-state index in [0.29, 0.717) is 35.2 Å². The first-order chi connectivity index (χ1) is 10.1. The van der Waals surface area contributed by atoms with Gasteiger partial charge in [0.25, 0.3) is 5.56 Å². The van der Waals surface area contributed by atoms with Gasteiger partial charge in [-0.15, -0.1) is 0 Å². The van der Waals surface area contributed by atoms with Crippen LogP contribution in [-0.2, 0) is 11.3 Å². The highest BCUT2D eigenvalue weighted by atomic mass is 35.5. The molecule has 21 heavy (non-hydrogen) atoms. The summed E-state index contributed by atoms with van der Waals surface area (Å²) in [5.74, 6) is 0.600. The van der Waals surface area contributed by atoms with Gasteiger partial charge in [-0.3, -0.25) is 4.79 Å². The van der Waals surface area contributed by atoms with E-state index in [2.05, 4.69) is 5.10 Å². The molecule has 0 saturated carbocycles. The van der Waals surface area contributed by atoms with Crippen LogP contribution in [-0.4, -0.2) is 30.6 Å². The van der Waals surface area contributed by atoms with Crippen molar-refractivity contribution in [2.24, 2.45) is 0 Å². The number of rotatable bonds is 5. The molecule has 1 heterocycles. The molecule has 1 aromatic heterocycles. The number of hydrogen-bond acceptors (Lipinski definition) is 5. The summed E-state index contributed by atoms with van der Waals surface area (Å²) in [5.41, 5.74) is 6.72. The van der Waals surface area contributed by atoms with E-state index in [1.165, 1.54) is 10.7 Å². The van der Waals surface area contributed by atoms with Crippen molar-refractivity contribution < 1.29 is 9.47 Å². The number of nitrogens with zero attached hydrogens (tertiary/aromatic N) is 2. The zero-order valence-electron chi connectivity index (χ0n) is 11.8. The van der Waals surface area contributed by atoms with Crippen LogP contribution in [0, 0.1) is 0 Å². The van der Waals surface area contributed by atoms with Gasteiger partial charge in [-0.2, -0.15) is 5.10 Å². The van der Waals surface area contributed by atoms with Gasteiger partial charge in [-0.25, -0.2) is 4.68 Å². The number of benzene rings is 1. The maximum Gasteiger partial charge on any atom is 0.289 e. The van der Waals surface area contributed by atoms with Gasteiger partial charge in [-0.1, -0.05) is 11.6 Å². The quantitative estimate of drug-likeness (QED) is 0.911. The molecule has 0 aliphatic heterocycles. The average molecular weight is 310 g/mol. The van der Waals surface area contributed by atoms with E-state index in [4.69, 9.17) is 26.8 Å². The highest BCUT2D eigenvalue weighted by molar-refractivity contribution is 6.30. The van der Waals surface area contributed by atoms with E-state index in [1.54, 1.807) is 32.4 Å². The van der Waals surface area contributed by atoms with Gasteiger partial charge in [0.15, 0.2) is 0 Å². The van der Waals surface area contributed by atoms with Crippen molar-refractivity contribution in [2.45, 2.75) is 6.54 Å². The summed E-state index contributed by atoms with van der Waals surface area (Å²) in [6.45, 7) is 0.679. The predicted molar refractivity (Wildman–Crippen MR) is 81.8 cm³/mol. The van der Waals surface area contributed by atoms with Crippen LogP contribution in [0.3, 0.4) is 0 Å². The molecule has 6 nitrogen and oxygen atoms in total. The fourth-order valence-corrected chi connectivity index (χ4v) is 2.08. The topological polar surface area (TPSA) is 79.4 Å². The van der Waals surface area contributed by atoms with Crippen LogP contribution in [0.5, 0.6) is 5.75 Å². The van der Waals surface area contributed by atoms with E-state index >= 15 is 0 Å². The molecule has 7 heteroatoms. The third kappa shape index (κ3) is 3.34. The Balaban J connectivity index is 2.56. The van der Waals surface area contributed by atoms with Crippen molar-refractivity contribution in [3.63, 3.8) is 0 Å². The summed E-state index contributed by atoms with van der Waals surface area (Å²) >= 11 is 6.02. The molecule has 112 valence electrons. The van der Waals surface area contributed by atoms with Crippen LogP contribution in [0.1, 0.15) is 0 Å². The number of nitrogen functional groups attached to an aromatic ring is 1. The fraction of sp³-hybridized carbons (Fsp3) is 0.286. The Kier molecular flexibility index (Phi) is 4.82. The van der Waals surface area contributed by atoms with Gasteiger partial charge in [-0.05, 0) is 24.3 Å². The lowest BCUT2D eigenvalue weighted by Crippen LogP contribution is -2.27. The number of halogens is 1. The summed E-state index contributed by atoms with van der Waals surface area (Å²) in [5, 5.41) is 4.84. The number of methoxy groups -OCH3 is 2. The fourth-order valence-electron chi connectivity index (χ4n) is 1.90. The molecule has 0 aliphatic rings. The monoisotopic (exact) mass is 309 g/mol. The molecule has 0 spiro atoms. The van der Waals surface area contributed by atoms with E-state index in [-0.39, 0.29) is 11.2 Å². The molecule has 0 atom stereocenters. The van der Waals surface area contributed by atoms with Crippen LogP contribution in [0.4, 0.5) is 5.69 Å². The van der Waals surface area contributed by atoms with E-state index in [9.17, 15) is 4.79 Å². The second-order valence-corrected chi connectivity index (χ2v) is 4.79. The third-order valence-electron chi connectivity index (χ3n) is 2.95. The zero-order valence-corrected chi connectivity index (χ0v) is 12.6. The molecule has 1 aromatic carbocycles. The Morgan fingerprint density at radius 1 is 1.33 bits per heavy atom. The molecule has 0 radical (unpaired) electrons. The minimum Gasteiger partial charge on any atom is -0.496 e. The van der Waals surface area contributed by atoms with Gasteiger partial charge in [0.05, 0.1) is 26.0 Å². The highest BCUT2D eigenvalue weighted by Gasteiger charge is 2.12. The lowest BCUT2D eigenvalue weighted by molar-refractivity contribution is 0.182. The molecule has 0 bridgehead atoms. The number of anilines is 1. The zero-order chi connectivity index (χ0) is 15.4. The van der Waals surface area contributed by atoms with Gasteiger partial charge in [0.1, 0.15) is 11.4 Å². The maximum atomic E-state index is 11.9. The summed E-state index contributed by atoms with van der Waals surface area (Å²) < 4.78 is 11.5. The Labute approximate surface area is 127 Å². The minimum atomic E-state index is -0.350. The van der Waals surface area contributed by atoms with Crippen molar-refractivity contribution in [3.05, 3.63) is 39.6 Å². The van der Waals surface area contributed by atoms with Crippen molar-refractivity contribution in [1.82, 2.24) is 9.78 Å². The molecule has 2 aromatic rings. The Morgan fingerprint density at radius 2 is 2.10 bits per heavy atom. The number of ether oxygens (including phenoxy) is 2. The lowest BCUT2D eigenvalue weighted by atomic mass is 10.1. The van der Waals surface area contributed by atoms with E-state index in [0.717, 1.165) is 0 Å². The van der Waals surface area contributed by atoms with Crippen LogP contribution < -0.4 is 16.0 Å². The Morgan fingerprint density at radius 3 is 2.76 bits per heavy atom. The van der Waals surface area contributed by atoms with Crippen LogP contribution in [0.2, 0.25) is 5.02 Å². The van der Waals surface area contributed by atoms with Crippen molar-refractivity contribution in [1.29, 1.82) is 0 Å². The first-order valence-corrected chi connectivity index (χ1v) is 6.65. The minimum absolute atomic E-state index is 0.109. The predicted octanol–water partition coefficient (Wildman–Crippen LogP) is 1.80. The summed E-state index contributed by atoms with van der Waals surface area (Å²) in [6.07, 6.45) is 0. The average Bonchev–Trinajstić information content (AvgIpc) is 2.48. The molecule has 0 amide bonds. The first kappa shape index (κ1) is 15.3.